The van der Waals surface area contributed by atoms with Gasteiger partial charge in [0.15, 0.2) is 0 Å². The van der Waals surface area contributed by atoms with E-state index in [1.807, 2.05) is 36.4 Å². The molecule has 1 aromatic carbocycles. The maximum atomic E-state index is 12.6. The number of halogens is 1. The molecule has 4 rings (SSSR count). The molecule has 3 aromatic rings. The third-order valence-electron chi connectivity index (χ3n) is 4.45. The van der Waals surface area contributed by atoms with Gasteiger partial charge >= 0.3 is 0 Å². The monoisotopic (exact) mass is 396 g/mol. The molecule has 0 atom stereocenters. The van der Waals surface area contributed by atoms with Crippen LogP contribution in [0.1, 0.15) is 16.8 Å². The van der Waals surface area contributed by atoms with Crippen molar-refractivity contribution in [2.45, 2.75) is 19.5 Å². The number of aromatic nitrogens is 3. The second-order valence-electron chi connectivity index (χ2n) is 6.13. The van der Waals surface area contributed by atoms with E-state index < -0.39 is 0 Å². The molecule has 0 saturated carbocycles. The Morgan fingerprint density at radius 1 is 1.20 bits per heavy atom. The van der Waals surface area contributed by atoms with Gasteiger partial charge in [0.05, 0.1) is 11.3 Å². The lowest BCUT2D eigenvalue weighted by molar-refractivity contribution is 0.241. The van der Waals surface area contributed by atoms with Gasteiger partial charge in [-0.25, -0.2) is 4.98 Å². The van der Waals surface area contributed by atoms with E-state index in [0.29, 0.717) is 12.4 Å². The Morgan fingerprint density at radius 3 is 2.84 bits per heavy atom. The van der Waals surface area contributed by atoms with Gasteiger partial charge in [-0.3, -0.25) is 14.7 Å². The molecule has 0 amide bonds. The predicted molar refractivity (Wildman–Crippen MR) is 100 cm³/mol. The van der Waals surface area contributed by atoms with Crippen LogP contribution >= 0.6 is 15.9 Å². The number of nitrogens with one attached hydrogen (secondary N) is 1. The molecule has 1 N–H and O–H groups in total. The zero-order chi connectivity index (χ0) is 17.2. The summed E-state index contributed by atoms with van der Waals surface area (Å²) in [6, 6.07) is 11.8. The maximum absolute atomic E-state index is 12.6. The zero-order valence-electron chi connectivity index (χ0n) is 13.6. The van der Waals surface area contributed by atoms with E-state index in [0.717, 1.165) is 40.8 Å². The first-order valence-electron chi connectivity index (χ1n) is 8.19. The highest BCUT2D eigenvalue weighted by molar-refractivity contribution is 9.10. The first-order chi connectivity index (χ1) is 12.2. The van der Waals surface area contributed by atoms with Crippen molar-refractivity contribution in [3.05, 3.63) is 80.4 Å². The van der Waals surface area contributed by atoms with Crippen molar-refractivity contribution in [2.75, 3.05) is 6.54 Å². The topological polar surface area (TPSA) is 61.9 Å². The number of pyridine rings is 1. The van der Waals surface area contributed by atoms with Crippen LogP contribution in [0.3, 0.4) is 0 Å². The first-order valence-corrected chi connectivity index (χ1v) is 8.98. The smallest absolute Gasteiger partial charge is 0.255 e. The van der Waals surface area contributed by atoms with Crippen LogP contribution in [0.2, 0.25) is 0 Å². The lowest BCUT2D eigenvalue weighted by atomic mass is 10.1. The summed E-state index contributed by atoms with van der Waals surface area (Å²) in [6.07, 6.45) is 4.37. The van der Waals surface area contributed by atoms with Gasteiger partial charge in [0.2, 0.25) is 0 Å². The van der Waals surface area contributed by atoms with Crippen molar-refractivity contribution in [3.8, 4) is 11.4 Å². The molecule has 1 aliphatic rings. The Morgan fingerprint density at radius 2 is 2.04 bits per heavy atom. The Balaban J connectivity index is 1.60. The quantitative estimate of drug-likeness (QED) is 0.738. The highest BCUT2D eigenvalue weighted by atomic mass is 79.9. The molecule has 6 heteroatoms. The average Bonchev–Trinajstić information content (AvgIpc) is 2.65. The maximum Gasteiger partial charge on any atom is 0.255 e. The summed E-state index contributed by atoms with van der Waals surface area (Å²) in [4.78, 5) is 26.6. The van der Waals surface area contributed by atoms with Crippen LogP contribution < -0.4 is 5.56 Å². The summed E-state index contributed by atoms with van der Waals surface area (Å²) in [7, 11) is 0. The summed E-state index contributed by atoms with van der Waals surface area (Å²) in [6.45, 7) is 2.27. The van der Waals surface area contributed by atoms with Crippen molar-refractivity contribution in [1.29, 1.82) is 0 Å². The SMILES string of the molecule is O=c1[nH]c(-c2ccccc2)nc2c1CN(Cc1ccncc1Br)CC2. The van der Waals surface area contributed by atoms with Crippen LogP contribution in [0, 0.1) is 0 Å². The van der Waals surface area contributed by atoms with Crippen LogP contribution in [0.15, 0.2) is 58.1 Å². The lowest BCUT2D eigenvalue weighted by Crippen LogP contribution is -2.35. The fraction of sp³-hybridized carbons (Fsp3) is 0.211. The second-order valence-corrected chi connectivity index (χ2v) is 6.99. The molecule has 126 valence electrons. The van der Waals surface area contributed by atoms with E-state index in [1.165, 1.54) is 5.56 Å². The Bertz CT molecular complexity index is 955. The summed E-state index contributed by atoms with van der Waals surface area (Å²) in [5.74, 6) is 0.648. The first kappa shape index (κ1) is 16.2. The van der Waals surface area contributed by atoms with Crippen molar-refractivity contribution in [1.82, 2.24) is 19.9 Å². The molecule has 0 bridgehead atoms. The summed E-state index contributed by atoms with van der Waals surface area (Å²) >= 11 is 3.54. The molecule has 0 aliphatic carbocycles. The lowest BCUT2D eigenvalue weighted by Gasteiger charge is -2.28. The molecule has 5 nitrogen and oxygen atoms in total. The van der Waals surface area contributed by atoms with Crippen LogP contribution in [-0.4, -0.2) is 26.4 Å². The van der Waals surface area contributed by atoms with Gasteiger partial charge in [-0.15, -0.1) is 0 Å². The molecule has 1 aliphatic heterocycles. The number of hydrogen-bond donors (Lipinski definition) is 1. The van der Waals surface area contributed by atoms with E-state index in [-0.39, 0.29) is 5.56 Å². The Hall–Kier alpha value is -2.31. The Labute approximate surface area is 153 Å². The molecule has 25 heavy (non-hydrogen) atoms. The van der Waals surface area contributed by atoms with Crippen LogP contribution in [0.5, 0.6) is 0 Å². The van der Waals surface area contributed by atoms with E-state index in [9.17, 15) is 4.79 Å². The van der Waals surface area contributed by atoms with Crippen LogP contribution in [0.4, 0.5) is 0 Å². The molecular formula is C19H17BrN4O. The van der Waals surface area contributed by atoms with Gasteiger partial charge in [-0.05, 0) is 27.6 Å². The van der Waals surface area contributed by atoms with E-state index in [4.69, 9.17) is 4.98 Å². The van der Waals surface area contributed by atoms with Crippen molar-refractivity contribution >= 4 is 15.9 Å². The molecule has 0 radical (unpaired) electrons. The number of fused-ring (bicyclic) bond motifs is 1. The zero-order valence-corrected chi connectivity index (χ0v) is 15.2. The van der Waals surface area contributed by atoms with Crippen LogP contribution in [-0.2, 0) is 19.5 Å². The number of benzene rings is 1. The van der Waals surface area contributed by atoms with Gasteiger partial charge in [-0.1, -0.05) is 30.3 Å². The second kappa shape index (κ2) is 6.90. The number of hydrogen-bond acceptors (Lipinski definition) is 4. The molecular weight excluding hydrogens is 380 g/mol. The van der Waals surface area contributed by atoms with Gasteiger partial charge in [0, 0.05) is 48.5 Å². The standard InChI is InChI=1S/C19H17BrN4O/c20-16-10-21-8-6-14(16)11-24-9-7-17-15(12-24)19(25)23-18(22-17)13-4-2-1-3-5-13/h1-6,8,10H,7,9,11-12H2,(H,22,23,25). The minimum absolute atomic E-state index is 0.0395. The third kappa shape index (κ3) is 3.41. The molecule has 3 heterocycles. The highest BCUT2D eigenvalue weighted by Gasteiger charge is 2.22. The average molecular weight is 397 g/mol. The van der Waals surface area contributed by atoms with Gasteiger partial charge in [0.25, 0.3) is 5.56 Å². The summed E-state index contributed by atoms with van der Waals surface area (Å²) < 4.78 is 0.993. The van der Waals surface area contributed by atoms with Crippen molar-refractivity contribution in [2.24, 2.45) is 0 Å². The van der Waals surface area contributed by atoms with Crippen molar-refractivity contribution < 1.29 is 0 Å². The largest absolute Gasteiger partial charge is 0.306 e. The molecule has 0 unspecified atom stereocenters. The fourth-order valence-electron chi connectivity index (χ4n) is 3.12. The van der Waals surface area contributed by atoms with Gasteiger partial charge < -0.3 is 4.98 Å². The minimum Gasteiger partial charge on any atom is -0.306 e. The van der Waals surface area contributed by atoms with Gasteiger partial charge in [-0.2, -0.15) is 0 Å². The molecule has 0 fully saturated rings. The third-order valence-corrected chi connectivity index (χ3v) is 5.16. The van der Waals surface area contributed by atoms with Gasteiger partial charge in [0.1, 0.15) is 5.82 Å². The summed E-state index contributed by atoms with van der Waals surface area (Å²) in [5, 5.41) is 0. The van der Waals surface area contributed by atoms with E-state index in [2.05, 4.69) is 30.8 Å². The van der Waals surface area contributed by atoms with Crippen LogP contribution in [0.25, 0.3) is 11.4 Å². The number of H-pyrrole nitrogens is 1. The van der Waals surface area contributed by atoms with Crippen molar-refractivity contribution in [3.63, 3.8) is 0 Å². The summed E-state index contributed by atoms with van der Waals surface area (Å²) in [5.41, 5.74) is 3.75. The fourth-order valence-corrected chi connectivity index (χ4v) is 3.50. The number of nitrogens with zero attached hydrogens (tertiary/aromatic N) is 3. The molecule has 0 spiro atoms. The van der Waals surface area contributed by atoms with E-state index >= 15 is 0 Å². The highest BCUT2D eigenvalue weighted by Crippen LogP contribution is 2.22. The number of aromatic amines is 1. The predicted octanol–water partition coefficient (Wildman–Crippen LogP) is 3.15. The Kier molecular flexibility index (Phi) is 4.46. The molecule has 2 aromatic heterocycles. The molecule has 0 saturated heterocycles. The van der Waals surface area contributed by atoms with E-state index in [1.54, 1.807) is 12.4 Å². The number of rotatable bonds is 3. The minimum atomic E-state index is -0.0395. The normalized spacial score (nSPS) is 14.3.